The molecule has 0 fully saturated rings. The molecule has 3 N–H and O–H groups in total. The zero-order valence-corrected chi connectivity index (χ0v) is 13.9. The molecule has 0 aliphatic rings. The van der Waals surface area contributed by atoms with Gasteiger partial charge in [-0.1, -0.05) is 29.8 Å². The number of halogens is 1. The molecule has 0 aromatic heterocycles. The molecule has 0 bridgehead atoms. The number of hydrogen-bond acceptors (Lipinski definition) is 3. The number of hydrogen-bond donors (Lipinski definition) is 2. The first-order chi connectivity index (χ1) is 11.1. The van der Waals surface area contributed by atoms with E-state index in [0.29, 0.717) is 35.6 Å². The zero-order chi connectivity index (χ0) is 16.7. The second-order valence-corrected chi connectivity index (χ2v) is 5.31. The molecule has 6 heteroatoms. The predicted octanol–water partition coefficient (Wildman–Crippen LogP) is 2.96. The normalized spacial score (nSPS) is 11.2. The van der Waals surface area contributed by atoms with Crippen molar-refractivity contribution in [3.8, 4) is 11.5 Å². The molecular weight excluding hydrogens is 314 g/mol. The molecule has 2 aromatic rings. The van der Waals surface area contributed by atoms with Crippen LogP contribution in [0, 0.1) is 0 Å². The van der Waals surface area contributed by atoms with Crippen molar-refractivity contribution in [2.24, 2.45) is 10.7 Å². The van der Waals surface area contributed by atoms with Gasteiger partial charge in [-0.25, -0.2) is 4.99 Å². The first-order valence-electron chi connectivity index (χ1n) is 7.11. The summed E-state index contributed by atoms with van der Waals surface area (Å²) in [7, 11) is 3.21. The van der Waals surface area contributed by atoms with Crippen molar-refractivity contribution in [1.82, 2.24) is 5.32 Å². The van der Waals surface area contributed by atoms with E-state index in [1.54, 1.807) is 14.2 Å². The molecule has 0 unspecified atom stereocenters. The first kappa shape index (κ1) is 17.0. The van der Waals surface area contributed by atoms with E-state index in [-0.39, 0.29) is 0 Å². The average Bonchev–Trinajstić information content (AvgIpc) is 2.59. The highest BCUT2D eigenvalue weighted by Crippen LogP contribution is 2.27. The van der Waals surface area contributed by atoms with Gasteiger partial charge in [0.05, 0.1) is 20.8 Å². The molecule has 0 radical (unpaired) electrons. The topological polar surface area (TPSA) is 68.9 Å². The van der Waals surface area contributed by atoms with Gasteiger partial charge in [0.25, 0.3) is 0 Å². The lowest BCUT2D eigenvalue weighted by molar-refractivity contribution is 0.354. The standard InChI is InChI=1S/C17H20ClN3O2/c1-22-15-8-5-13(9-16(15)23-2)11-21-17(19)20-10-12-3-6-14(18)7-4-12/h3-9H,10-11H2,1-2H3,(H3,19,20,21). The number of benzene rings is 2. The smallest absolute Gasteiger partial charge is 0.189 e. The molecule has 2 rings (SSSR count). The van der Waals surface area contributed by atoms with E-state index >= 15 is 0 Å². The minimum Gasteiger partial charge on any atom is -0.493 e. The van der Waals surface area contributed by atoms with E-state index in [1.807, 2.05) is 42.5 Å². The fourth-order valence-electron chi connectivity index (χ4n) is 2.01. The maximum Gasteiger partial charge on any atom is 0.189 e. The Balaban J connectivity index is 1.92. The van der Waals surface area contributed by atoms with E-state index < -0.39 is 0 Å². The van der Waals surface area contributed by atoms with Crippen molar-refractivity contribution in [3.05, 3.63) is 58.6 Å². The lowest BCUT2D eigenvalue weighted by Gasteiger charge is -2.09. The minimum absolute atomic E-state index is 0.384. The first-order valence-corrected chi connectivity index (χ1v) is 7.49. The van der Waals surface area contributed by atoms with Crippen LogP contribution < -0.4 is 20.5 Å². The third-order valence-corrected chi connectivity index (χ3v) is 3.52. The SMILES string of the molecule is COc1ccc(CN=C(N)NCc2ccc(Cl)cc2)cc1OC. The summed E-state index contributed by atoms with van der Waals surface area (Å²) in [6.07, 6.45) is 0. The number of ether oxygens (including phenoxy) is 2. The van der Waals surface area contributed by atoms with Gasteiger partial charge in [0.2, 0.25) is 0 Å². The molecule has 0 spiro atoms. The molecule has 5 nitrogen and oxygen atoms in total. The highest BCUT2D eigenvalue weighted by molar-refractivity contribution is 6.30. The summed E-state index contributed by atoms with van der Waals surface area (Å²) in [5, 5.41) is 3.78. The van der Waals surface area contributed by atoms with E-state index in [4.69, 9.17) is 26.8 Å². The second kappa shape index (κ2) is 8.29. The van der Waals surface area contributed by atoms with Gasteiger partial charge >= 0.3 is 0 Å². The number of guanidine groups is 1. The molecule has 0 aliphatic carbocycles. The number of nitrogens with two attached hydrogens (primary N) is 1. The number of aliphatic imine (C=N–C) groups is 1. The van der Waals surface area contributed by atoms with Gasteiger partial charge in [-0.2, -0.15) is 0 Å². The molecule has 0 saturated carbocycles. The second-order valence-electron chi connectivity index (χ2n) is 4.87. The van der Waals surface area contributed by atoms with Crippen molar-refractivity contribution in [3.63, 3.8) is 0 Å². The Kier molecular flexibility index (Phi) is 6.11. The lowest BCUT2D eigenvalue weighted by atomic mass is 10.2. The van der Waals surface area contributed by atoms with Crippen molar-refractivity contribution < 1.29 is 9.47 Å². The summed E-state index contributed by atoms with van der Waals surface area (Å²) in [4.78, 5) is 4.32. The van der Waals surface area contributed by atoms with Crippen LogP contribution in [0.25, 0.3) is 0 Å². The Morgan fingerprint density at radius 2 is 1.70 bits per heavy atom. The summed E-state index contributed by atoms with van der Waals surface area (Å²) < 4.78 is 10.5. The molecule has 0 aliphatic heterocycles. The van der Waals surface area contributed by atoms with E-state index in [0.717, 1.165) is 11.1 Å². The third kappa shape index (κ3) is 5.07. The van der Waals surface area contributed by atoms with Crippen molar-refractivity contribution >= 4 is 17.6 Å². The molecule has 122 valence electrons. The van der Waals surface area contributed by atoms with E-state index in [1.165, 1.54) is 0 Å². The lowest BCUT2D eigenvalue weighted by Crippen LogP contribution is -2.31. The van der Waals surface area contributed by atoms with Crippen LogP contribution in [-0.2, 0) is 13.1 Å². The average molecular weight is 334 g/mol. The monoisotopic (exact) mass is 333 g/mol. The van der Waals surface area contributed by atoms with Crippen LogP contribution in [0.15, 0.2) is 47.5 Å². The quantitative estimate of drug-likeness (QED) is 0.630. The van der Waals surface area contributed by atoms with Crippen LogP contribution in [0.5, 0.6) is 11.5 Å². The summed E-state index contributed by atoms with van der Waals surface area (Å²) in [5.41, 5.74) is 7.95. The summed E-state index contributed by atoms with van der Waals surface area (Å²) in [6.45, 7) is 1.05. The van der Waals surface area contributed by atoms with Gasteiger partial charge in [-0.3, -0.25) is 0 Å². The van der Waals surface area contributed by atoms with Crippen molar-refractivity contribution in [2.45, 2.75) is 13.1 Å². The Morgan fingerprint density at radius 3 is 2.35 bits per heavy atom. The van der Waals surface area contributed by atoms with E-state index in [9.17, 15) is 0 Å². The Bertz CT molecular complexity index is 672. The number of nitrogens with one attached hydrogen (secondary N) is 1. The maximum atomic E-state index is 5.88. The van der Waals surface area contributed by atoms with Gasteiger partial charge in [-0.05, 0) is 35.4 Å². The number of rotatable bonds is 6. The fourth-order valence-corrected chi connectivity index (χ4v) is 2.13. The van der Waals surface area contributed by atoms with Gasteiger partial charge < -0.3 is 20.5 Å². The highest BCUT2D eigenvalue weighted by Gasteiger charge is 2.04. The van der Waals surface area contributed by atoms with Crippen molar-refractivity contribution in [2.75, 3.05) is 14.2 Å². The molecule has 0 amide bonds. The molecule has 23 heavy (non-hydrogen) atoms. The van der Waals surface area contributed by atoms with Gasteiger partial charge in [-0.15, -0.1) is 0 Å². The van der Waals surface area contributed by atoms with Crippen LogP contribution in [0.2, 0.25) is 5.02 Å². The Morgan fingerprint density at radius 1 is 1.04 bits per heavy atom. The van der Waals surface area contributed by atoms with Crippen LogP contribution in [-0.4, -0.2) is 20.2 Å². The summed E-state index contributed by atoms with van der Waals surface area (Å²) in [5.74, 6) is 1.75. The van der Waals surface area contributed by atoms with Crippen LogP contribution in [0.4, 0.5) is 0 Å². The van der Waals surface area contributed by atoms with Crippen LogP contribution in [0.1, 0.15) is 11.1 Å². The van der Waals surface area contributed by atoms with Crippen molar-refractivity contribution in [1.29, 1.82) is 0 Å². The van der Waals surface area contributed by atoms with Gasteiger partial charge in [0, 0.05) is 11.6 Å². The highest BCUT2D eigenvalue weighted by atomic mass is 35.5. The third-order valence-electron chi connectivity index (χ3n) is 3.27. The molecule has 2 aromatic carbocycles. The van der Waals surface area contributed by atoms with Crippen LogP contribution >= 0.6 is 11.6 Å². The molecule has 0 saturated heterocycles. The largest absolute Gasteiger partial charge is 0.493 e. The molecular formula is C17H20ClN3O2. The van der Waals surface area contributed by atoms with Gasteiger partial charge in [0.15, 0.2) is 17.5 Å². The maximum absolute atomic E-state index is 5.88. The molecule has 0 atom stereocenters. The fraction of sp³-hybridized carbons (Fsp3) is 0.235. The summed E-state index contributed by atoms with van der Waals surface area (Å²) >= 11 is 5.85. The predicted molar refractivity (Wildman–Crippen MR) is 93.2 cm³/mol. The zero-order valence-electron chi connectivity index (χ0n) is 13.2. The Labute approximate surface area is 141 Å². The summed E-state index contributed by atoms with van der Waals surface area (Å²) in [6, 6.07) is 13.2. The molecule has 0 heterocycles. The van der Waals surface area contributed by atoms with Gasteiger partial charge in [0.1, 0.15) is 0 Å². The Hall–Kier alpha value is -2.40. The van der Waals surface area contributed by atoms with E-state index in [2.05, 4.69) is 10.3 Å². The minimum atomic E-state index is 0.384. The number of methoxy groups -OCH3 is 2. The van der Waals surface area contributed by atoms with Crippen LogP contribution in [0.3, 0.4) is 0 Å². The number of nitrogens with zero attached hydrogens (tertiary/aromatic N) is 1.